The van der Waals surface area contributed by atoms with Gasteiger partial charge in [-0.2, -0.15) is 5.26 Å². The number of benzene rings is 1. The summed E-state index contributed by atoms with van der Waals surface area (Å²) in [6.45, 7) is 2.87. The Morgan fingerprint density at radius 3 is 2.65 bits per heavy atom. The Labute approximate surface area is 101 Å². The van der Waals surface area contributed by atoms with E-state index in [4.69, 9.17) is 9.68 Å². The molecular weight excluding hydrogens is 212 g/mol. The van der Waals surface area contributed by atoms with Gasteiger partial charge in [0, 0.05) is 18.2 Å². The van der Waals surface area contributed by atoms with Crippen LogP contribution in [-0.2, 0) is 6.54 Å². The summed E-state index contributed by atoms with van der Waals surface area (Å²) in [4.78, 5) is 0. The van der Waals surface area contributed by atoms with E-state index in [9.17, 15) is 0 Å². The fourth-order valence-electron chi connectivity index (χ4n) is 1.63. The van der Waals surface area contributed by atoms with E-state index >= 15 is 0 Å². The van der Waals surface area contributed by atoms with Crippen LogP contribution in [0.1, 0.15) is 29.7 Å². The third-order valence-electron chi connectivity index (χ3n) is 2.73. The summed E-state index contributed by atoms with van der Waals surface area (Å²) in [6.07, 6.45) is 3.40. The molecule has 0 aliphatic rings. The SMILES string of the molecule is CC(NCc1ccoc1)c1ccc(C#N)cc1. The maximum Gasteiger partial charge on any atom is 0.0991 e. The highest BCUT2D eigenvalue weighted by molar-refractivity contribution is 5.32. The Morgan fingerprint density at radius 2 is 2.06 bits per heavy atom. The van der Waals surface area contributed by atoms with Crippen LogP contribution < -0.4 is 5.32 Å². The maximum absolute atomic E-state index is 8.72. The summed E-state index contributed by atoms with van der Waals surface area (Å²) in [5, 5.41) is 12.1. The van der Waals surface area contributed by atoms with Gasteiger partial charge in [-0.3, -0.25) is 0 Å². The van der Waals surface area contributed by atoms with E-state index in [1.807, 2.05) is 30.3 Å². The largest absolute Gasteiger partial charge is 0.472 e. The van der Waals surface area contributed by atoms with Gasteiger partial charge in [-0.05, 0) is 30.7 Å². The first-order valence-electron chi connectivity index (χ1n) is 5.54. The van der Waals surface area contributed by atoms with E-state index < -0.39 is 0 Å². The number of nitrogens with zero attached hydrogens (tertiary/aromatic N) is 1. The molecule has 86 valence electrons. The highest BCUT2D eigenvalue weighted by atomic mass is 16.3. The molecule has 2 rings (SSSR count). The fraction of sp³-hybridized carbons (Fsp3) is 0.214. The van der Waals surface area contributed by atoms with Crippen LogP contribution in [0.15, 0.2) is 47.3 Å². The molecule has 1 atom stereocenters. The highest BCUT2D eigenvalue weighted by Crippen LogP contribution is 2.14. The van der Waals surface area contributed by atoms with E-state index in [-0.39, 0.29) is 6.04 Å². The van der Waals surface area contributed by atoms with Gasteiger partial charge in [-0.15, -0.1) is 0 Å². The molecule has 1 unspecified atom stereocenters. The molecule has 3 heteroatoms. The Morgan fingerprint density at radius 1 is 1.29 bits per heavy atom. The predicted octanol–water partition coefficient (Wildman–Crippen LogP) is 3.00. The first kappa shape index (κ1) is 11.4. The quantitative estimate of drug-likeness (QED) is 0.871. The van der Waals surface area contributed by atoms with Gasteiger partial charge in [0.2, 0.25) is 0 Å². The minimum atomic E-state index is 0.248. The van der Waals surface area contributed by atoms with Crippen LogP contribution in [0, 0.1) is 11.3 Å². The van der Waals surface area contributed by atoms with Crippen LogP contribution in [0.5, 0.6) is 0 Å². The van der Waals surface area contributed by atoms with Crippen molar-refractivity contribution >= 4 is 0 Å². The molecule has 1 N–H and O–H groups in total. The molecule has 0 bridgehead atoms. The van der Waals surface area contributed by atoms with Crippen LogP contribution in [-0.4, -0.2) is 0 Å². The Balaban J connectivity index is 1.95. The van der Waals surface area contributed by atoms with Crippen molar-refractivity contribution < 1.29 is 4.42 Å². The summed E-state index contributed by atoms with van der Waals surface area (Å²) < 4.78 is 5.01. The van der Waals surface area contributed by atoms with Crippen molar-refractivity contribution in [2.24, 2.45) is 0 Å². The summed E-state index contributed by atoms with van der Waals surface area (Å²) in [5.74, 6) is 0. The fourth-order valence-corrected chi connectivity index (χ4v) is 1.63. The molecule has 0 aliphatic heterocycles. The third kappa shape index (κ3) is 2.96. The summed E-state index contributed by atoms with van der Waals surface area (Å²) >= 11 is 0. The van der Waals surface area contributed by atoms with Gasteiger partial charge in [0.25, 0.3) is 0 Å². The molecular formula is C14H14N2O. The van der Waals surface area contributed by atoms with Crippen LogP contribution in [0.4, 0.5) is 0 Å². The second-order valence-corrected chi connectivity index (χ2v) is 3.97. The van der Waals surface area contributed by atoms with Crippen molar-refractivity contribution in [2.45, 2.75) is 19.5 Å². The lowest BCUT2D eigenvalue weighted by Crippen LogP contribution is -2.17. The molecule has 0 fully saturated rings. The minimum absolute atomic E-state index is 0.248. The Kier molecular flexibility index (Phi) is 3.59. The van der Waals surface area contributed by atoms with Crippen molar-refractivity contribution in [3.63, 3.8) is 0 Å². The molecule has 0 amide bonds. The summed E-state index contributed by atoms with van der Waals surface area (Å²) in [6, 6.07) is 11.9. The first-order chi connectivity index (χ1) is 8.29. The zero-order chi connectivity index (χ0) is 12.1. The Bertz CT molecular complexity index is 494. The van der Waals surface area contributed by atoms with Gasteiger partial charge in [0.15, 0.2) is 0 Å². The average molecular weight is 226 g/mol. The van der Waals surface area contributed by atoms with E-state index in [1.165, 1.54) is 5.56 Å². The average Bonchev–Trinajstić information content (AvgIpc) is 2.89. The molecule has 0 radical (unpaired) electrons. The highest BCUT2D eigenvalue weighted by Gasteiger charge is 2.05. The van der Waals surface area contributed by atoms with Crippen molar-refractivity contribution in [1.29, 1.82) is 5.26 Å². The minimum Gasteiger partial charge on any atom is -0.472 e. The van der Waals surface area contributed by atoms with Crippen LogP contribution in [0.2, 0.25) is 0 Å². The Hall–Kier alpha value is -2.05. The molecule has 0 aliphatic carbocycles. The number of hydrogen-bond acceptors (Lipinski definition) is 3. The van der Waals surface area contributed by atoms with E-state index in [2.05, 4.69) is 18.3 Å². The maximum atomic E-state index is 8.72. The van der Waals surface area contributed by atoms with Crippen molar-refractivity contribution in [2.75, 3.05) is 0 Å². The van der Waals surface area contributed by atoms with Gasteiger partial charge >= 0.3 is 0 Å². The van der Waals surface area contributed by atoms with Crippen molar-refractivity contribution in [1.82, 2.24) is 5.32 Å². The lowest BCUT2D eigenvalue weighted by atomic mass is 10.1. The lowest BCUT2D eigenvalue weighted by molar-refractivity contribution is 0.546. The molecule has 1 heterocycles. The van der Waals surface area contributed by atoms with Crippen molar-refractivity contribution in [3.8, 4) is 6.07 Å². The zero-order valence-electron chi connectivity index (χ0n) is 9.68. The number of furan rings is 1. The third-order valence-corrected chi connectivity index (χ3v) is 2.73. The molecule has 1 aromatic heterocycles. The number of hydrogen-bond donors (Lipinski definition) is 1. The van der Waals surface area contributed by atoms with Crippen LogP contribution >= 0.6 is 0 Å². The van der Waals surface area contributed by atoms with Gasteiger partial charge in [-0.1, -0.05) is 12.1 Å². The van der Waals surface area contributed by atoms with Gasteiger partial charge in [-0.25, -0.2) is 0 Å². The van der Waals surface area contributed by atoms with Gasteiger partial charge < -0.3 is 9.73 Å². The van der Waals surface area contributed by atoms with Gasteiger partial charge in [0.1, 0.15) is 0 Å². The molecule has 1 aromatic carbocycles. The second kappa shape index (κ2) is 5.33. The number of nitriles is 1. The van der Waals surface area contributed by atoms with E-state index in [0.717, 1.165) is 12.1 Å². The molecule has 17 heavy (non-hydrogen) atoms. The van der Waals surface area contributed by atoms with Crippen LogP contribution in [0.3, 0.4) is 0 Å². The topological polar surface area (TPSA) is 49.0 Å². The van der Waals surface area contributed by atoms with Crippen molar-refractivity contribution in [3.05, 3.63) is 59.5 Å². The van der Waals surface area contributed by atoms with E-state index in [0.29, 0.717) is 5.56 Å². The first-order valence-corrected chi connectivity index (χ1v) is 5.54. The predicted molar refractivity (Wildman–Crippen MR) is 65.1 cm³/mol. The lowest BCUT2D eigenvalue weighted by Gasteiger charge is -2.13. The molecule has 0 saturated heterocycles. The molecule has 3 nitrogen and oxygen atoms in total. The molecule has 0 saturated carbocycles. The monoisotopic (exact) mass is 226 g/mol. The normalized spacial score (nSPS) is 12.0. The van der Waals surface area contributed by atoms with Gasteiger partial charge in [0.05, 0.1) is 24.2 Å². The zero-order valence-corrected chi connectivity index (χ0v) is 9.68. The number of rotatable bonds is 4. The van der Waals surface area contributed by atoms with E-state index in [1.54, 1.807) is 12.5 Å². The molecule has 0 spiro atoms. The smallest absolute Gasteiger partial charge is 0.0991 e. The standard InChI is InChI=1S/C14H14N2O/c1-11(16-9-13-6-7-17-10-13)14-4-2-12(8-15)3-5-14/h2-7,10-11,16H,9H2,1H3. The summed E-state index contributed by atoms with van der Waals surface area (Å²) in [7, 11) is 0. The summed E-state index contributed by atoms with van der Waals surface area (Å²) in [5.41, 5.74) is 2.99. The second-order valence-electron chi connectivity index (χ2n) is 3.97. The van der Waals surface area contributed by atoms with Crippen LogP contribution in [0.25, 0.3) is 0 Å². The molecule has 2 aromatic rings. The number of nitrogens with one attached hydrogen (secondary N) is 1.